The van der Waals surface area contributed by atoms with Crippen molar-refractivity contribution in [3.63, 3.8) is 0 Å². The minimum atomic E-state index is -1.30. The first kappa shape index (κ1) is 22.9. The molecule has 0 unspecified atom stereocenters. The predicted molar refractivity (Wildman–Crippen MR) is 112 cm³/mol. The van der Waals surface area contributed by atoms with Crippen molar-refractivity contribution in [1.82, 2.24) is 10.3 Å². The fourth-order valence-electron chi connectivity index (χ4n) is 3.17. The zero-order chi connectivity index (χ0) is 22.5. The number of hydrogen-bond donors (Lipinski definition) is 3. The lowest BCUT2D eigenvalue weighted by molar-refractivity contribution is 0.0641. The van der Waals surface area contributed by atoms with Gasteiger partial charge in [0.25, 0.3) is 5.91 Å². The Balaban J connectivity index is 1.76. The topological polar surface area (TPSA) is 116 Å². The quantitative estimate of drug-likeness (QED) is 0.602. The Labute approximate surface area is 181 Å². The van der Waals surface area contributed by atoms with Crippen LogP contribution >= 0.6 is 11.3 Å². The van der Waals surface area contributed by atoms with E-state index >= 15 is 0 Å². The molecule has 31 heavy (non-hydrogen) atoms. The molecule has 1 aromatic carbocycles. The number of aliphatic imine (C=N–C) groups is 1. The molecular formula is C20H22F3N5O2S. The van der Waals surface area contributed by atoms with E-state index in [1.807, 2.05) is 0 Å². The monoisotopic (exact) mass is 453 g/mol. The van der Waals surface area contributed by atoms with Crippen LogP contribution in [0.4, 0.5) is 13.2 Å². The predicted octanol–water partition coefficient (Wildman–Crippen LogP) is 2.53. The van der Waals surface area contributed by atoms with Crippen LogP contribution in [0.1, 0.15) is 23.3 Å². The molecule has 1 aliphatic rings. The SMILES string of the molecule is CN=C(C(=CN)NC(=O)c1csc(-c2c(F)cccc2F)n1)[C@@H]1CC[C@@H](N)[C@H](F)CO1. The number of alkyl halides is 1. The normalized spacial score (nSPS) is 22.8. The molecule has 3 rings (SSSR count). The van der Waals surface area contributed by atoms with E-state index in [1.54, 1.807) is 0 Å². The zero-order valence-corrected chi connectivity index (χ0v) is 17.5. The van der Waals surface area contributed by atoms with Crippen LogP contribution in [0, 0.1) is 11.6 Å². The van der Waals surface area contributed by atoms with Gasteiger partial charge in [0.15, 0.2) is 0 Å². The van der Waals surface area contributed by atoms with Crippen molar-refractivity contribution < 1.29 is 22.7 Å². The summed E-state index contributed by atoms with van der Waals surface area (Å²) in [6.45, 7) is -0.194. The summed E-state index contributed by atoms with van der Waals surface area (Å²) >= 11 is 0.926. The van der Waals surface area contributed by atoms with Gasteiger partial charge in [0.2, 0.25) is 0 Å². The average molecular weight is 453 g/mol. The van der Waals surface area contributed by atoms with Crippen molar-refractivity contribution >= 4 is 23.0 Å². The maximum atomic E-state index is 14.0. The van der Waals surface area contributed by atoms with E-state index in [4.69, 9.17) is 16.2 Å². The second-order valence-electron chi connectivity index (χ2n) is 6.86. The van der Waals surface area contributed by atoms with Crippen LogP contribution in [0.15, 0.2) is 40.5 Å². The molecule has 1 aromatic heterocycles. The Bertz CT molecular complexity index is 978. The number of nitrogens with zero attached hydrogens (tertiary/aromatic N) is 2. The van der Waals surface area contributed by atoms with Gasteiger partial charge in [-0.15, -0.1) is 11.3 Å². The summed E-state index contributed by atoms with van der Waals surface area (Å²) in [6.07, 6.45) is 0.0148. The molecule has 11 heteroatoms. The van der Waals surface area contributed by atoms with Gasteiger partial charge in [0, 0.05) is 24.7 Å². The maximum absolute atomic E-state index is 14.0. The van der Waals surface area contributed by atoms with Gasteiger partial charge < -0.3 is 21.5 Å². The molecule has 0 aliphatic carbocycles. The van der Waals surface area contributed by atoms with Crippen LogP contribution in [0.25, 0.3) is 10.6 Å². The lowest BCUT2D eigenvalue weighted by atomic mass is 10.0. The van der Waals surface area contributed by atoms with Crippen molar-refractivity contribution in [1.29, 1.82) is 0 Å². The number of amides is 1. The number of carbonyl (C=O) groups is 1. The molecule has 166 valence electrons. The van der Waals surface area contributed by atoms with E-state index in [-0.39, 0.29) is 28.6 Å². The summed E-state index contributed by atoms with van der Waals surface area (Å²) in [7, 11) is 1.49. The molecule has 7 nitrogen and oxygen atoms in total. The van der Waals surface area contributed by atoms with Crippen molar-refractivity contribution in [2.24, 2.45) is 16.5 Å². The molecule has 1 aliphatic heterocycles. The Morgan fingerprint density at radius 3 is 2.71 bits per heavy atom. The second-order valence-corrected chi connectivity index (χ2v) is 7.72. The summed E-state index contributed by atoms with van der Waals surface area (Å²) in [5, 5.41) is 3.99. The number of benzene rings is 1. The number of nitrogens with two attached hydrogens (primary N) is 2. The first-order valence-corrected chi connectivity index (χ1v) is 10.3. The van der Waals surface area contributed by atoms with Crippen molar-refractivity contribution in [3.8, 4) is 10.6 Å². The number of aromatic nitrogens is 1. The molecule has 2 heterocycles. The maximum Gasteiger partial charge on any atom is 0.275 e. The van der Waals surface area contributed by atoms with Crippen molar-refractivity contribution in [2.45, 2.75) is 31.2 Å². The van der Waals surface area contributed by atoms with Crippen LogP contribution in [-0.2, 0) is 4.74 Å². The molecule has 0 bridgehead atoms. The second kappa shape index (κ2) is 10.0. The highest BCUT2D eigenvalue weighted by Gasteiger charge is 2.30. The summed E-state index contributed by atoms with van der Waals surface area (Å²) < 4.78 is 47.4. The van der Waals surface area contributed by atoms with Crippen LogP contribution in [0.2, 0.25) is 0 Å². The minimum Gasteiger partial charge on any atom is -0.403 e. The van der Waals surface area contributed by atoms with Gasteiger partial charge in [0.05, 0.1) is 23.6 Å². The third-order valence-electron chi connectivity index (χ3n) is 4.83. The standard InChI is InChI=1S/C20H22F3N5O2S/c1-26-18(16-6-5-13(25)12(23)8-30-16)14(7-24)27-19(29)15-9-31-20(28-15)17-10(21)3-2-4-11(17)22/h2-4,7,9,12-13,16H,5-6,8,24-25H2,1H3,(H,27,29)/t12-,13-,16+/m1/s1. The van der Waals surface area contributed by atoms with Crippen molar-refractivity contribution in [3.05, 3.63) is 52.8 Å². The summed E-state index contributed by atoms with van der Waals surface area (Å²) in [5.74, 6) is -2.20. The van der Waals surface area contributed by atoms with E-state index in [2.05, 4.69) is 15.3 Å². The molecule has 1 amide bonds. The number of rotatable bonds is 5. The third-order valence-corrected chi connectivity index (χ3v) is 5.69. The van der Waals surface area contributed by atoms with Gasteiger partial charge in [-0.25, -0.2) is 18.2 Å². The van der Waals surface area contributed by atoms with E-state index in [9.17, 15) is 18.0 Å². The Morgan fingerprint density at radius 1 is 1.35 bits per heavy atom. The van der Waals surface area contributed by atoms with Gasteiger partial charge in [-0.1, -0.05) is 6.07 Å². The van der Waals surface area contributed by atoms with Crippen LogP contribution < -0.4 is 16.8 Å². The van der Waals surface area contributed by atoms with E-state index in [0.717, 1.165) is 29.7 Å². The smallest absolute Gasteiger partial charge is 0.275 e. The van der Waals surface area contributed by atoms with Crippen LogP contribution in [0.5, 0.6) is 0 Å². The molecule has 0 saturated carbocycles. The number of hydrogen-bond acceptors (Lipinski definition) is 7. The number of ether oxygens (including phenoxy) is 1. The molecule has 0 radical (unpaired) electrons. The largest absolute Gasteiger partial charge is 0.403 e. The van der Waals surface area contributed by atoms with E-state index in [0.29, 0.717) is 18.6 Å². The van der Waals surface area contributed by atoms with Gasteiger partial charge in [-0.3, -0.25) is 9.79 Å². The molecular weight excluding hydrogens is 431 g/mol. The zero-order valence-electron chi connectivity index (χ0n) is 16.6. The lowest BCUT2D eigenvalue weighted by Gasteiger charge is -2.20. The van der Waals surface area contributed by atoms with Gasteiger partial charge in [-0.05, 0) is 25.0 Å². The number of halogens is 3. The Hall–Kier alpha value is -2.76. The molecule has 0 spiro atoms. The van der Waals surface area contributed by atoms with E-state index < -0.39 is 35.9 Å². The number of nitrogens with one attached hydrogen (secondary N) is 1. The molecule has 2 aromatic rings. The van der Waals surface area contributed by atoms with Gasteiger partial charge in [-0.2, -0.15) is 0 Å². The van der Waals surface area contributed by atoms with Crippen molar-refractivity contribution in [2.75, 3.05) is 13.7 Å². The van der Waals surface area contributed by atoms with E-state index in [1.165, 1.54) is 18.5 Å². The lowest BCUT2D eigenvalue weighted by Crippen LogP contribution is -2.35. The highest BCUT2D eigenvalue weighted by Crippen LogP contribution is 2.29. The fraction of sp³-hybridized carbons (Fsp3) is 0.350. The summed E-state index contributed by atoms with van der Waals surface area (Å²) in [5.41, 5.74) is 11.6. The van der Waals surface area contributed by atoms with Gasteiger partial charge in [0.1, 0.15) is 34.6 Å². The minimum absolute atomic E-state index is 0.0264. The Kier molecular flexibility index (Phi) is 7.42. The summed E-state index contributed by atoms with van der Waals surface area (Å²) in [6, 6.07) is 2.82. The summed E-state index contributed by atoms with van der Waals surface area (Å²) in [4.78, 5) is 20.9. The Morgan fingerprint density at radius 2 is 2.06 bits per heavy atom. The fourth-order valence-corrected chi connectivity index (χ4v) is 4.01. The van der Waals surface area contributed by atoms with Crippen LogP contribution in [-0.4, -0.2) is 48.6 Å². The third kappa shape index (κ3) is 5.12. The van der Waals surface area contributed by atoms with Gasteiger partial charge >= 0.3 is 0 Å². The molecule has 1 saturated heterocycles. The number of thiazole rings is 1. The number of carbonyl (C=O) groups excluding carboxylic acids is 1. The first-order chi connectivity index (χ1) is 14.8. The highest BCUT2D eigenvalue weighted by atomic mass is 32.1. The molecule has 3 atom stereocenters. The highest BCUT2D eigenvalue weighted by molar-refractivity contribution is 7.13. The molecule has 5 N–H and O–H groups in total. The first-order valence-electron chi connectivity index (χ1n) is 9.47. The molecule has 1 fully saturated rings. The van der Waals surface area contributed by atoms with Crippen LogP contribution in [0.3, 0.4) is 0 Å². The average Bonchev–Trinajstić information content (AvgIpc) is 3.17.